The van der Waals surface area contributed by atoms with Crippen molar-refractivity contribution in [2.24, 2.45) is 0 Å². The van der Waals surface area contributed by atoms with Gasteiger partial charge in [0.25, 0.3) is 0 Å². The molecule has 0 radical (unpaired) electrons. The molecule has 0 bridgehead atoms. The average Bonchev–Trinajstić information content (AvgIpc) is 2.69. The van der Waals surface area contributed by atoms with Gasteiger partial charge in [-0.15, -0.1) is 11.8 Å². The zero-order valence-corrected chi connectivity index (χ0v) is 18.1. The van der Waals surface area contributed by atoms with Crippen molar-refractivity contribution in [3.05, 3.63) is 64.7 Å². The van der Waals surface area contributed by atoms with Gasteiger partial charge in [-0.2, -0.15) is 0 Å². The summed E-state index contributed by atoms with van der Waals surface area (Å²) in [6, 6.07) is 15.0. The van der Waals surface area contributed by atoms with Crippen LogP contribution in [-0.2, 0) is 16.1 Å². The van der Waals surface area contributed by atoms with Crippen LogP contribution in [0.25, 0.3) is 0 Å². The number of hydrogen-bond donors (Lipinski definition) is 1. The molecule has 0 heterocycles. The van der Waals surface area contributed by atoms with E-state index in [-0.39, 0.29) is 17.6 Å². The molecule has 2 amide bonds. The molecule has 2 rings (SSSR count). The first-order valence-electron chi connectivity index (χ1n) is 9.46. The first-order chi connectivity index (χ1) is 13.5. The molecular formula is C22H27ClN2O2S. The molecule has 6 heteroatoms. The standard InChI is InChI=1S/C22H27ClN2O2S/c1-4-20(22(27)24-5-2)25(14-17-8-6-7-9-19(17)23)21(26)15-28-18-12-10-16(3)11-13-18/h6-13,20H,4-5,14-15H2,1-3H3,(H,24,27)/t20-/m0/s1. The third-order valence-electron chi connectivity index (χ3n) is 4.42. The van der Waals surface area contributed by atoms with Crippen molar-refractivity contribution in [2.45, 2.75) is 44.7 Å². The highest BCUT2D eigenvalue weighted by Gasteiger charge is 2.28. The third-order valence-corrected chi connectivity index (χ3v) is 5.78. The monoisotopic (exact) mass is 418 g/mol. The smallest absolute Gasteiger partial charge is 0.242 e. The Morgan fingerprint density at radius 3 is 2.39 bits per heavy atom. The summed E-state index contributed by atoms with van der Waals surface area (Å²) in [5.74, 6) is 0.0537. The number of carbonyl (C=O) groups is 2. The lowest BCUT2D eigenvalue weighted by molar-refractivity contribution is -0.139. The molecule has 1 N–H and O–H groups in total. The van der Waals surface area contributed by atoms with Gasteiger partial charge < -0.3 is 10.2 Å². The third kappa shape index (κ3) is 6.28. The fraction of sp³-hybridized carbons (Fsp3) is 0.364. The minimum atomic E-state index is -0.526. The number of aryl methyl sites for hydroxylation is 1. The van der Waals surface area contributed by atoms with Gasteiger partial charge in [0.05, 0.1) is 5.75 Å². The second-order valence-electron chi connectivity index (χ2n) is 6.53. The van der Waals surface area contributed by atoms with Crippen molar-refractivity contribution >= 4 is 35.2 Å². The Labute approximate surface area is 176 Å². The van der Waals surface area contributed by atoms with Gasteiger partial charge in [-0.25, -0.2) is 0 Å². The van der Waals surface area contributed by atoms with Crippen LogP contribution in [0.3, 0.4) is 0 Å². The van der Waals surface area contributed by atoms with Crippen LogP contribution < -0.4 is 5.32 Å². The molecule has 2 aromatic rings. The Balaban J connectivity index is 2.20. The van der Waals surface area contributed by atoms with E-state index >= 15 is 0 Å². The lowest BCUT2D eigenvalue weighted by atomic mass is 10.1. The van der Waals surface area contributed by atoms with Crippen LogP contribution >= 0.6 is 23.4 Å². The van der Waals surface area contributed by atoms with Crippen LogP contribution in [0.4, 0.5) is 0 Å². The van der Waals surface area contributed by atoms with E-state index in [2.05, 4.69) is 5.32 Å². The zero-order chi connectivity index (χ0) is 20.5. The number of thioether (sulfide) groups is 1. The summed E-state index contributed by atoms with van der Waals surface area (Å²) in [6.07, 6.45) is 0.539. The van der Waals surface area contributed by atoms with Crippen molar-refractivity contribution in [3.63, 3.8) is 0 Å². The fourth-order valence-electron chi connectivity index (χ4n) is 2.88. The topological polar surface area (TPSA) is 49.4 Å². The van der Waals surface area contributed by atoms with E-state index in [4.69, 9.17) is 11.6 Å². The second-order valence-corrected chi connectivity index (χ2v) is 7.99. The molecule has 0 spiro atoms. The minimum absolute atomic E-state index is 0.0800. The number of nitrogens with zero attached hydrogens (tertiary/aromatic N) is 1. The molecule has 0 unspecified atom stereocenters. The van der Waals surface area contributed by atoms with Crippen molar-refractivity contribution < 1.29 is 9.59 Å². The van der Waals surface area contributed by atoms with E-state index in [1.165, 1.54) is 17.3 Å². The van der Waals surface area contributed by atoms with Gasteiger partial charge in [-0.3, -0.25) is 9.59 Å². The van der Waals surface area contributed by atoms with Crippen LogP contribution in [0.2, 0.25) is 5.02 Å². The maximum Gasteiger partial charge on any atom is 0.242 e. The number of hydrogen-bond acceptors (Lipinski definition) is 3. The molecule has 4 nitrogen and oxygen atoms in total. The lowest BCUT2D eigenvalue weighted by Gasteiger charge is -2.30. The van der Waals surface area contributed by atoms with Gasteiger partial charge in [-0.05, 0) is 44.0 Å². The van der Waals surface area contributed by atoms with Crippen LogP contribution in [-0.4, -0.2) is 35.1 Å². The first kappa shape index (κ1) is 22.3. The molecule has 150 valence electrons. The molecule has 0 saturated heterocycles. The average molecular weight is 419 g/mol. The van der Waals surface area contributed by atoms with Gasteiger partial charge in [0, 0.05) is 23.0 Å². The van der Waals surface area contributed by atoms with Crippen molar-refractivity contribution in [2.75, 3.05) is 12.3 Å². The van der Waals surface area contributed by atoms with Crippen molar-refractivity contribution in [3.8, 4) is 0 Å². The van der Waals surface area contributed by atoms with Crippen LogP contribution in [0.1, 0.15) is 31.4 Å². The first-order valence-corrected chi connectivity index (χ1v) is 10.8. The molecular weight excluding hydrogens is 392 g/mol. The molecule has 1 atom stereocenters. The van der Waals surface area contributed by atoms with Crippen LogP contribution in [0.15, 0.2) is 53.4 Å². The predicted octanol–water partition coefficient (Wildman–Crippen LogP) is 4.68. The number of amides is 2. The zero-order valence-electron chi connectivity index (χ0n) is 16.6. The highest BCUT2D eigenvalue weighted by Crippen LogP contribution is 2.23. The number of halogens is 1. The summed E-state index contributed by atoms with van der Waals surface area (Å²) in [6.45, 7) is 6.66. The van der Waals surface area contributed by atoms with Gasteiger partial charge in [0.1, 0.15) is 6.04 Å². The van der Waals surface area contributed by atoms with E-state index < -0.39 is 6.04 Å². The summed E-state index contributed by atoms with van der Waals surface area (Å²) in [7, 11) is 0. The molecule has 0 aliphatic carbocycles. The molecule has 0 aliphatic rings. The molecule has 0 aliphatic heterocycles. The van der Waals surface area contributed by atoms with E-state index in [1.807, 2.05) is 63.2 Å². The second kappa shape index (κ2) is 11.1. The molecule has 28 heavy (non-hydrogen) atoms. The summed E-state index contributed by atoms with van der Waals surface area (Å²) < 4.78 is 0. The van der Waals surface area contributed by atoms with Gasteiger partial charge in [0.15, 0.2) is 0 Å². The maximum absolute atomic E-state index is 13.1. The predicted molar refractivity (Wildman–Crippen MR) is 117 cm³/mol. The Bertz CT molecular complexity index is 795. The number of benzene rings is 2. The minimum Gasteiger partial charge on any atom is -0.355 e. The van der Waals surface area contributed by atoms with E-state index in [1.54, 1.807) is 11.0 Å². The Hall–Kier alpha value is -1.98. The fourth-order valence-corrected chi connectivity index (χ4v) is 3.86. The molecule has 0 aromatic heterocycles. The Morgan fingerprint density at radius 2 is 1.79 bits per heavy atom. The van der Waals surface area contributed by atoms with Crippen molar-refractivity contribution in [1.29, 1.82) is 0 Å². The number of nitrogens with one attached hydrogen (secondary N) is 1. The number of rotatable bonds is 9. The van der Waals surface area contributed by atoms with Crippen LogP contribution in [0, 0.1) is 6.92 Å². The maximum atomic E-state index is 13.1. The summed E-state index contributed by atoms with van der Waals surface area (Å²) in [5, 5.41) is 3.43. The quantitative estimate of drug-likeness (QED) is 0.601. The SMILES string of the molecule is CCNC(=O)[C@H](CC)N(Cc1ccccc1Cl)C(=O)CSc1ccc(C)cc1. The van der Waals surface area contributed by atoms with E-state index in [0.717, 1.165) is 10.5 Å². The van der Waals surface area contributed by atoms with Gasteiger partial charge in [-0.1, -0.05) is 54.4 Å². The summed E-state index contributed by atoms with van der Waals surface area (Å²) in [4.78, 5) is 28.3. The van der Waals surface area contributed by atoms with E-state index in [0.29, 0.717) is 24.5 Å². The Morgan fingerprint density at radius 1 is 1.11 bits per heavy atom. The van der Waals surface area contributed by atoms with Gasteiger partial charge in [0.2, 0.25) is 11.8 Å². The lowest BCUT2D eigenvalue weighted by Crippen LogP contribution is -2.49. The van der Waals surface area contributed by atoms with E-state index in [9.17, 15) is 9.59 Å². The summed E-state index contributed by atoms with van der Waals surface area (Å²) in [5.41, 5.74) is 2.01. The number of likely N-dealkylation sites (N-methyl/N-ethyl adjacent to an activating group) is 1. The molecule has 2 aromatic carbocycles. The number of carbonyl (C=O) groups excluding carboxylic acids is 2. The van der Waals surface area contributed by atoms with Crippen molar-refractivity contribution in [1.82, 2.24) is 10.2 Å². The summed E-state index contributed by atoms with van der Waals surface area (Å²) >= 11 is 7.78. The highest BCUT2D eigenvalue weighted by atomic mass is 35.5. The molecule has 0 fully saturated rings. The molecule has 0 saturated carbocycles. The highest BCUT2D eigenvalue weighted by molar-refractivity contribution is 8.00. The largest absolute Gasteiger partial charge is 0.355 e. The Kier molecular flexibility index (Phi) is 8.87. The normalized spacial score (nSPS) is 11.7. The van der Waals surface area contributed by atoms with Gasteiger partial charge >= 0.3 is 0 Å². The van der Waals surface area contributed by atoms with Crippen LogP contribution in [0.5, 0.6) is 0 Å².